The summed E-state index contributed by atoms with van der Waals surface area (Å²) in [6, 6.07) is 0. The van der Waals surface area contributed by atoms with Crippen LogP contribution in [0.3, 0.4) is 0 Å². The van der Waals surface area contributed by atoms with Crippen molar-refractivity contribution in [3.8, 4) is 0 Å². The number of aryl methyl sites for hydroxylation is 2. The SMILES string of the molecule is Cn1nc2c(c1C(=O)Nc1cnn(CC(=O)NC[C@@H]3CCCO3)c1)CCCC2. The Balaban J connectivity index is 1.34. The minimum absolute atomic E-state index is 0.101. The number of fused-ring (bicyclic) bond motifs is 1. The summed E-state index contributed by atoms with van der Waals surface area (Å²) in [6.45, 7) is 1.39. The number of amides is 2. The van der Waals surface area contributed by atoms with E-state index < -0.39 is 0 Å². The molecule has 2 amide bonds. The van der Waals surface area contributed by atoms with E-state index in [2.05, 4.69) is 20.8 Å². The van der Waals surface area contributed by atoms with Crippen LogP contribution in [0.15, 0.2) is 12.4 Å². The van der Waals surface area contributed by atoms with Crippen LogP contribution >= 0.6 is 0 Å². The van der Waals surface area contributed by atoms with Crippen molar-refractivity contribution < 1.29 is 14.3 Å². The molecule has 2 aromatic heterocycles. The van der Waals surface area contributed by atoms with Crippen molar-refractivity contribution in [3.05, 3.63) is 29.3 Å². The van der Waals surface area contributed by atoms with Gasteiger partial charge >= 0.3 is 0 Å². The lowest BCUT2D eigenvalue weighted by Gasteiger charge is -2.11. The molecule has 0 radical (unpaired) electrons. The molecule has 4 rings (SSSR count). The van der Waals surface area contributed by atoms with Gasteiger partial charge in [-0.05, 0) is 38.5 Å². The summed E-state index contributed by atoms with van der Waals surface area (Å²) in [7, 11) is 1.80. The third-order valence-electron chi connectivity index (χ3n) is 5.28. The van der Waals surface area contributed by atoms with Crippen molar-refractivity contribution in [1.29, 1.82) is 0 Å². The summed E-state index contributed by atoms with van der Waals surface area (Å²) in [5.74, 6) is -0.322. The van der Waals surface area contributed by atoms with Gasteiger partial charge in [0.1, 0.15) is 12.2 Å². The number of carbonyl (C=O) groups excluding carboxylic acids is 2. The van der Waals surface area contributed by atoms with Gasteiger partial charge in [0, 0.05) is 32.0 Å². The normalized spacial score (nSPS) is 18.7. The smallest absolute Gasteiger partial charge is 0.274 e. The molecule has 2 N–H and O–H groups in total. The van der Waals surface area contributed by atoms with Gasteiger partial charge in [0.2, 0.25) is 5.91 Å². The zero-order valence-electron chi connectivity index (χ0n) is 16.1. The molecule has 150 valence electrons. The van der Waals surface area contributed by atoms with Crippen LogP contribution in [0.5, 0.6) is 0 Å². The van der Waals surface area contributed by atoms with Crippen molar-refractivity contribution >= 4 is 17.5 Å². The lowest BCUT2D eigenvalue weighted by molar-refractivity contribution is -0.122. The number of nitrogens with zero attached hydrogens (tertiary/aromatic N) is 4. The van der Waals surface area contributed by atoms with E-state index in [0.717, 1.165) is 56.4 Å². The van der Waals surface area contributed by atoms with E-state index >= 15 is 0 Å². The van der Waals surface area contributed by atoms with Gasteiger partial charge < -0.3 is 15.4 Å². The molecule has 1 fully saturated rings. The van der Waals surface area contributed by atoms with Crippen LogP contribution in [0.4, 0.5) is 5.69 Å². The molecule has 1 aliphatic carbocycles. The minimum atomic E-state index is -0.194. The predicted octanol–water partition coefficient (Wildman–Crippen LogP) is 1.04. The van der Waals surface area contributed by atoms with E-state index in [1.165, 1.54) is 4.68 Å². The Kier molecular flexibility index (Phi) is 5.43. The molecule has 1 aliphatic heterocycles. The largest absolute Gasteiger partial charge is 0.376 e. The molecule has 9 nitrogen and oxygen atoms in total. The van der Waals surface area contributed by atoms with Gasteiger partial charge in [-0.1, -0.05) is 0 Å². The first-order valence-corrected chi connectivity index (χ1v) is 9.87. The van der Waals surface area contributed by atoms with Gasteiger partial charge in [0.25, 0.3) is 5.91 Å². The highest BCUT2D eigenvalue weighted by molar-refractivity contribution is 6.04. The van der Waals surface area contributed by atoms with Gasteiger partial charge in [0.05, 0.1) is 23.7 Å². The second-order valence-electron chi connectivity index (χ2n) is 7.42. The first-order valence-electron chi connectivity index (χ1n) is 9.87. The molecular weight excluding hydrogens is 360 g/mol. The van der Waals surface area contributed by atoms with Crippen LogP contribution in [0.2, 0.25) is 0 Å². The molecule has 0 aromatic carbocycles. The second-order valence-corrected chi connectivity index (χ2v) is 7.42. The van der Waals surface area contributed by atoms with Gasteiger partial charge in [-0.15, -0.1) is 0 Å². The number of hydrogen-bond donors (Lipinski definition) is 2. The fraction of sp³-hybridized carbons (Fsp3) is 0.579. The lowest BCUT2D eigenvalue weighted by atomic mass is 9.95. The van der Waals surface area contributed by atoms with E-state index in [1.54, 1.807) is 24.1 Å². The van der Waals surface area contributed by atoms with Gasteiger partial charge in [-0.25, -0.2) is 0 Å². The van der Waals surface area contributed by atoms with Crippen LogP contribution in [0.25, 0.3) is 0 Å². The number of carbonyl (C=O) groups is 2. The summed E-state index contributed by atoms with van der Waals surface area (Å²) in [5.41, 5.74) is 3.24. The molecule has 0 bridgehead atoms. The van der Waals surface area contributed by atoms with Crippen molar-refractivity contribution in [2.45, 2.75) is 51.2 Å². The molecule has 0 saturated carbocycles. The average Bonchev–Trinajstić information content (AvgIpc) is 3.39. The van der Waals surface area contributed by atoms with Crippen molar-refractivity contribution in [2.75, 3.05) is 18.5 Å². The third-order valence-corrected chi connectivity index (χ3v) is 5.28. The molecule has 9 heteroatoms. The second kappa shape index (κ2) is 8.14. The molecule has 2 aromatic rings. The molecule has 2 aliphatic rings. The van der Waals surface area contributed by atoms with Crippen molar-refractivity contribution in [1.82, 2.24) is 24.9 Å². The number of nitrogens with one attached hydrogen (secondary N) is 2. The quantitative estimate of drug-likeness (QED) is 0.772. The number of ether oxygens (including phenoxy) is 1. The standard InChI is InChI=1S/C19H26N6O3/c1-24-18(15-6-2-3-7-16(15)23-24)19(27)22-13-9-21-25(11-13)12-17(26)20-10-14-5-4-8-28-14/h9,11,14H,2-8,10,12H2,1H3,(H,20,26)(H,22,27)/t14-/m0/s1. The van der Waals surface area contributed by atoms with E-state index in [9.17, 15) is 9.59 Å². The van der Waals surface area contributed by atoms with Crippen molar-refractivity contribution in [3.63, 3.8) is 0 Å². The maximum Gasteiger partial charge on any atom is 0.274 e. The van der Waals surface area contributed by atoms with E-state index in [4.69, 9.17) is 4.74 Å². The van der Waals surface area contributed by atoms with Crippen LogP contribution in [-0.2, 0) is 36.0 Å². The summed E-state index contributed by atoms with van der Waals surface area (Å²) in [4.78, 5) is 24.8. The average molecular weight is 386 g/mol. The van der Waals surface area contributed by atoms with E-state index in [1.807, 2.05) is 0 Å². The minimum Gasteiger partial charge on any atom is -0.376 e. The maximum atomic E-state index is 12.7. The summed E-state index contributed by atoms with van der Waals surface area (Å²) < 4.78 is 8.67. The summed E-state index contributed by atoms with van der Waals surface area (Å²) in [6.07, 6.45) is 9.36. The first kappa shape index (κ1) is 18.7. The predicted molar refractivity (Wildman–Crippen MR) is 102 cm³/mol. The highest BCUT2D eigenvalue weighted by atomic mass is 16.5. The molecule has 1 saturated heterocycles. The van der Waals surface area contributed by atoms with Gasteiger partial charge in [0.15, 0.2) is 0 Å². The number of rotatable bonds is 6. The Morgan fingerprint density at radius 1 is 1.29 bits per heavy atom. The number of hydrogen-bond acceptors (Lipinski definition) is 5. The number of aromatic nitrogens is 4. The fourth-order valence-corrected chi connectivity index (χ4v) is 3.91. The Morgan fingerprint density at radius 2 is 2.14 bits per heavy atom. The highest BCUT2D eigenvalue weighted by Crippen LogP contribution is 2.24. The summed E-state index contributed by atoms with van der Waals surface area (Å²) >= 11 is 0. The third kappa shape index (κ3) is 4.09. The zero-order valence-corrected chi connectivity index (χ0v) is 16.1. The Labute approximate surface area is 163 Å². The monoisotopic (exact) mass is 386 g/mol. The molecule has 1 atom stereocenters. The fourth-order valence-electron chi connectivity index (χ4n) is 3.91. The Bertz CT molecular complexity index is 865. The first-order chi connectivity index (χ1) is 13.6. The molecular formula is C19H26N6O3. The Hall–Kier alpha value is -2.68. The van der Waals surface area contributed by atoms with Crippen LogP contribution < -0.4 is 10.6 Å². The van der Waals surface area contributed by atoms with Crippen molar-refractivity contribution in [2.24, 2.45) is 7.05 Å². The summed E-state index contributed by atoms with van der Waals surface area (Å²) in [5, 5.41) is 14.4. The Morgan fingerprint density at radius 3 is 2.96 bits per heavy atom. The zero-order chi connectivity index (χ0) is 19.5. The number of anilines is 1. The molecule has 3 heterocycles. The lowest BCUT2D eigenvalue weighted by Crippen LogP contribution is -2.34. The van der Waals surface area contributed by atoms with Gasteiger partial charge in [-0.3, -0.25) is 19.0 Å². The maximum absolute atomic E-state index is 12.7. The van der Waals surface area contributed by atoms with Crippen LogP contribution in [-0.4, -0.2) is 50.6 Å². The van der Waals surface area contributed by atoms with Crippen LogP contribution in [0, 0.1) is 0 Å². The topological polar surface area (TPSA) is 103 Å². The van der Waals surface area contributed by atoms with E-state index in [0.29, 0.717) is 17.9 Å². The molecule has 28 heavy (non-hydrogen) atoms. The highest BCUT2D eigenvalue weighted by Gasteiger charge is 2.24. The van der Waals surface area contributed by atoms with Gasteiger partial charge in [-0.2, -0.15) is 10.2 Å². The van der Waals surface area contributed by atoms with E-state index in [-0.39, 0.29) is 24.5 Å². The molecule has 0 spiro atoms. The molecule has 0 unspecified atom stereocenters. The van der Waals surface area contributed by atoms with Crippen LogP contribution in [0.1, 0.15) is 47.4 Å².